The van der Waals surface area contributed by atoms with Gasteiger partial charge >= 0.3 is 0 Å². The Morgan fingerprint density at radius 3 is 2.79 bits per heavy atom. The van der Waals surface area contributed by atoms with Crippen LogP contribution in [0, 0.1) is 0 Å². The van der Waals surface area contributed by atoms with Crippen LogP contribution in [0.4, 0.5) is 10.1 Å². The van der Waals surface area contributed by atoms with E-state index >= 15 is 0 Å². The molecule has 4 N–H and O–H groups in total. The molecule has 1 aromatic heterocycles. The van der Waals surface area contributed by atoms with Gasteiger partial charge in [0.15, 0.2) is 10.8 Å². The van der Waals surface area contributed by atoms with Gasteiger partial charge in [-0.25, -0.2) is 4.98 Å². The summed E-state index contributed by atoms with van der Waals surface area (Å²) < 4.78 is 5.46. The average Bonchev–Trinajstić information content (AvgIpc) is 3.27. The minimum Gasteiger partial charge on any atom is -0.493 e. The van der Waals surface area contributed by atoms with Crippen LogP contribution in [0.1, 0.15) is 40.6 Å². The fourth-order valence-corrected chi connectivity index (χ4v) is 3.08. The SMILES string of the molecule is CCOc1ccccc1C(=O)Nc1sc(NC2CC2)nc1C(N)=O. The molecule has 0 spiro atoms. The smallest absolute Gasteiger partial charge is 0.270 e. The van der Waals surface area contributed by atoms with Crippen LogP contribution in [-0.2, 0) is 0 Å². The molecule has 0 bridgehead atoms. The maximum absolute atomic E-state index is 12.5. The number of aromatic nitrogens is 1. The fraction of sp³-hybridized carbons (Fsp3) is 0.312. The molecule has 3 rings (SSSR count). The highest BCUT2D eigenvalue weighted by atomic mass is 32.1. The van der Waals surface area contributed by atoms with Crippen LogP contribution >= 0.6 is 11.3 Å². The van der Waals surface area contributed by atoms with Crippen LogP contribution in [0.5, 0.6) is 5.75 Å². The number of nitrogens with zero attached hydrogens (tertiary/aromatic N) is 1. The zero-order valence-corrected chi connectivity index (χ0v) is 14.0. The van der Waals surface area contributed by atoms with E-state index in [2.05, 4.69) is 15.6 Å². The lowest BCUT2D eigenvalue weighted by molar-refractivity contribution is 0.0997. The number of hydrogen-bond acceptors (Lipinski definition) is 6. The lowest BCUT2D eigenvalue weighted by Gasteiger charge is -2.09. The van der Waals surface area contributed by atoms with Crippen molar-refractivity contribution in [3.05, 3.63) is 35.5 Å². The van der Waals surface area contributed by atoms with Crippen molar-refractivity contribution in [2.24, 2.45) is 5.73 Å². The maximum atomic E-state index is 12.5. The molecule has 8 heteroatoms. The zero-order valence-electron chi connectivity index (χ0n) is 13.2. The number of carbonyl (C=O) groups is 2. The number of thiazole rings is 1. The van der Waals surface area contributed by atoms with Crippen LogP contribution < -0.4 is 21.1 Å². The second-order valence-corrected chi connectivity index (χ2v) is 6.36. The minimum atomic E-state index is -0.677. The summed E-state index contributed by atoms with van der Waals surface area (Å²) in [5, 5.41) is 6.84. The number of ether oxygens (including phenoxy) is 1. The quantitative estimate of drug-likeness (QED) is 0.714. The molecular formula is C16H18N4O3S. The van der Waals surface area contributed by atoms with Crippen LogP contribution in [0.3, 0.4) is 0 Å². The van der Waals surface area contributed by atoms with Crippen molar-refractivity contribution in [2.45, 2.75) is 25.8 Å². The molecule has 0 radical (unpaired) electrons. The molecule has 1 saturated carbocycles. The maximum Gasteiger partial charge on any atom is 0.270 e. The first-order valence-electron chi connectivity index (χ1n) is 7.68. The molecule has 0 aliphatic heterocycles. The molecular weight excluding hydrogens is 328 g/mol. The van der Waals surface area contributed by atoms with Crippen LogP contribution in [0.15, 0.2) is 24.3 Å². The molecule has 0 unspecified atom stereocenters. The van der Waals surface area contributed by atoms with Gasteiger partial charge in [0.2, 0.25) is 0 Å². The molecule has 7 nitrogen and oxygen atoms in total. The van der Waals surface area contributed by atoms with Gasteiger partial charge < -0.3 is 21.1 Å². The summed E-state index contributed by atoms with van der Waals surface area (Å²) in [6.45, 7) is 2.30. The second-order valence-electron chi connectivity index (χ2n) is 5.36. The molecule has 0 atom stereocenters. The van der Waals surface area contributed by atoms with Crippen molar-refractivity contribution in [3.63, 3.8) is 0 Å². The van der Waals surface area contributed by atoms with E-state index in [-0.39, 0.29) is 11.6 Å². The Labute approximate surface area is 143 Å². The highest BCUT2D eigenvalue weighted by molar-refractivity contribution is 7.20. The Balaban J connectivity index is 1.83. The number of para-hydroxylation sites is 1. The van der Waals surface area contributed by atoms with Crippen molar-refractivity contribution >= 4 is 33.3 Å². The normalized spacial score (nSPS) is 13.4. The Morgan fingerprint density at radius 2 is 2.12 bits per heavy atom. The Hall–Kier alpha value is -2.61. The molecule has 1 aliphatic rings. The van der Waals surface area contributed by atoms with Crippen LogP contribution in [0.2, 0.25) is 0 Å². The average molecular weight is 346 g/mol. The lowest BCUT2D eigenvalue weighted by atomic mass is 10.2. The van der Waals surface area contributed by atoms with E-state index in [4.69, 9.17) is 10.5 Å². The van der Waals surface area contributed by atoms with E-state index in [1.807, 2.05) is 6.92 Å². The minimum absolute atomic E-state index is 0.0605. The van der Waals surface area contributed by atoms with Crippen molar-refractivity contribution in [2.75, 3.05) is 17.2 Å². The van der Waals surface area contributed by atoms with Gasteiger partial charge in [0, 0.05) is 6.04 Å². The predicted molar refractivity (Wildman–Crippen MR) is 92.8 cm³/mol. The van der Waals surface area contributed by atoms with E-state index in [9.17, 15) is 9.59 Å². The molecule has 2 aromatic rings. The largest absolute Gasteiger partial charge is 0.493 e. The first-order valence-corrected chi connectivity index (χ1v) is 8.50. The Kier molecular flexibility index (Phi) is 4.66. The van der Waals surface area contributed by atoms with Crippen LogP contribution in [0.25, 0.3) is 0 Å². The third-order valence-electron chi connectivity index (χ3n) is 3.42. The van der Waals surface area contributed by atoms with Crippen molar-refractivity contribution < 1.29 is 14.3 Å². The standard InChI is InChI=1S/C16H18N4O3S/c1-2-23-11-6-4-3-5-10(11)14(22)20-15-12(13(17)21)19-16(24-15)18-9-7-8-9/h3-6,9H,2,7-8H2,1H3,(H2,17,21)(H,18,19)(H,20,22). The van der Waals surface area contributed by atoms with Gasteiger partial charge in [-0.1, -0.05) is 23.5 Å². The summed E-state index contributed by atoms with van der Waals surface area (Å²) in [6, 6.07) is 7.31. The summed E-state index contributed by atoms with van der Waals surface area (Å²) in [6.07, 6.45) is 2.16. The summed E-state index contributed by atoms with van der Waals surface area (Å²) in [7, 11) is 0. The summed E-state index contributed by atoms with van der Waals surface area (Å²) in [5.41, 5.74) is 5.82. The fourth-order valence-electron chi connectivity index (χ4n) is 2.14. The van der Waals surface area contributed by atoms with Gasteiger partial charge in [-0.15, -0.1) is 0 Å². The van der Waals surface area contributed by atoms with Gasteiger partial charge in [0.25, 0.3) is 11.8 Å². The van der Waals surface area contributed by atoms with E-state index in [0.29, 0.717) is 34.1 Å². The summed E-state index contributed by atoms with van der Waals surface area (Å²) >= 11 is 1.20. The number of amides is 2. The number of primary amides is 1. The number of rotatable bonds is 7. The van der Waals surface area contributed by atoms with Crippen molar-refractivity contribution in [3.8, 4) is 5.75 Å². The second kappa shape index (κ2) is 6.88. The molecule has 126 valence electrons. The number of benzene rings is 1. The number of anilines is 2. The van der Waals surface area contributed by atoms with Gasteiger partial charge in [-0.3, -0.25) is 9.59 Å². The molecule has 24 heavy (non-hydrogen) atoms. The Morgan fingerprint density at radius 1 is 1.38 bits per heavy atom. The monoisotopic (exact) mass is 346 g/mol. The summed E-state index contributed by atoms with van der Waals surface area (Å²) in [5.74, 6) is -0.564. The molecule has 1 heterocycles. The molecule has 1 fully saturated rings. The van der Waals surface area contributed by atoms with Crippen molar-refractivity contribution in [1.29, 1.82) is 0 Å². The number of nitrogens with one attached hydrogen (secondary N) is 2. The topological polar surface area (TPSA) is 106 Å². The van der Waals surface area contributed by atoms with E-state index in [0.717, 1.165) is 12.8 Å². The molecule has 0 saturated heterocycles. The number of hydrogen-bond donors (Lipinski definition) is 3. The highest BCUT2D eigenvalue weighted by Crippen LogP contribution is 2.33. The number of carbonyl (C=O) groups excluding carboxylic acids is 2. The van der Waals surface area contributed by atoms with E-state index in [1.165, 1.54) is 11.3 Å². The van der Waals surface area contributed by atoms with Gasteiger partial charge in [-0.05, 0) is 31.9 Å². The highest BCUT2D eigenvalue weighted by Gasteiger charge is 2.25. The first-order chi connectivity index (χ1) is 11.6. The molecule has 1 aliphatic carbocycles. The zero-order chi connectivity index (χ0) is 17.1. The molecule has 2 amide bonds. The van der Waals surface area contributed by atoms with E-state index < -0.39 is 5.91 Å². The van der Waals surface area contributed by atoms with Gasteiger partial charge in [0.05, 0.1) is 12.2 Å². The van der Waals surface area contributed by atoms with Crippen LogP contribution in [-0.4, -0.2) is 29.4 Å². The third-order valence-corrected chi connectivity index (χ3v) is 4.33. The summed E-state index contributed by atoms with van der Waals surface area (Å²) in [4.78, 5) is 28.3. The third kappa shape index (κ3) is 3.65. The predicted octanol–water partition coefficient (Wildman–Crippen LogP) is 2.47. The number of nitrogens with two attached hydrogens (primary N) is 1. The first kappa shape index (κ1) is 16.3. The molecule has 1 aromatic carbocycles. The lowest BCUT2D eigenvalue weighted by Crippen LogP contribution is -2.18. The van der Waals surface area contributed by atoms with E-state index in [1.54, 1.807) is 24.3 Å². The van der Waals surface area contributed by atoms with Gasteiger partial charge in [0.1, 0.15) is 10.8 Å². The van der Waals surface area contributed by atoms with Gasteiger partial charge in [-0.2, -0.15) is 0 Å². The van der Waals surface area contributed by atoms with Crippen molar-refractivity contribution in [1.82, 2.24) is 4.98 Å². The Bertz CT molecular complexity index is 770.